The summed E-state index contributed by atoms with van der Waals surface area (Å²) in [6.07, 6.45) is 0.660. The fourth-order valence-corrected chi connectivity index (χ4v) is 2.03. The minimum atomic E-state index is -0.598. The average molecular weight is 275 g/mol. The van der Waals surface area contributed by atoms with Crippen molar-refractivity contribution in [2.75, 3.05) is 11.9 Å². The third-order valence-corrected chi connectivity index (χ3v) is 3.56. The molecular weight excluding hydrogens is 254 g/mol. The lowest BCUT2D eigenvalue weighted by Crippen LogP contribution is -2.50. The molecule has 0 aliphatic rings. The summed E-state index contributed by atoms with van der Waals surface area (Å²) in [6, 6.07) is 7.42. The fraction of sp³-hybridized carbons (Fsp3) is 0.400. The van der Waals surface area contributed by atoms with E-state index in [0.717, 1.165) is 22.3 Å². The second-order valence-corrected chi connectivity index (χ2v) is 5.41. The molecule has 5 heteroatoms. The van der Waals surface area contributed by atoms with E-state index < -0.39 is 5.54 Å². The van der Waals surface area contributed by atoms with Crippen LogP contribution in [-0.2, 0) is 0 Å². The van der Waals surface area contributed by atoms with Crippen LogP contribution in [0.15, 0.2) is 24.3 Å². The lowest BCUT2D eigenvalue weighted by molar-refractivity contribution is 0.172. The van der Waals surface area contributed by atoms with Crippen LogP contribution in [0.4, 0.5) is 10.5 Å². The zero-order valence-corrected chi connectivity index (χ0v) is 12.1. The lowest BCUT2D eigenvalue weighted by atomic mass is 10.0. The number of carbonyl (C=O) groups excluding carboxylic acids is 1. The summed E-state index contributed by atoms with van der Waals surface area (Å²) >= 11 is 0. The van der Waals surface area contributed by atoms with E-state index in [1.807, 2.05) is 45.0 Å². The number of H-pyrrole nitrogens is 1. The van der Waals surface area contributed by atoms with Crippen molar-refractivity contribution < 1.29 is 9.90 Å². The molecule has 2 rings (SSSR count). The number of hydrogen-bond acceptors (Lipinski definition) is 2. The molecular formula is C15H21N3O2. The Morgan fingerprint density at radius 1 is 1.40 bits per heavy atom. The number of fused-ring (bicyclic) bond motifs is 1. The van der Waals surface area contributed by atoms with E-state index in [0.29, 0.717) is 6.42 Å². The van der Waals surface area contributed by atoms with Gasteiger partial charge in [0, 0.05) is 22.3 Å². The normalized spacial score (nSPS) is 14.0. The van der Waals surface area contributed by atoms with Crippen LogP contribution >= 0.6 is 0 Å². The molecule has 0 fully saturated rings. The standard InChI is InChI=1S/C15H21N3O2/c1-4-15(3,9-19)18-14(20)17-12-5-6-13-11(8-12)7-10(2)16-13/h5-8,16,19H,4,9H2,1-3H3,(H2,17,18,20). The van der Waals surface area contributed by atoms with Crippen LogP contribution in [0.5, 0.6) is 0 Å². The van der Waals surface area contributed by atoms with Crippen LogP contribution in [0.2, 0.25) is 0 Å². The quantitative estimate of drug-likeness (QED) is 0.692. The summed E-state index contributed by atoms with van der Waals surface area (Å²) in [4.78, 5) is 15.2. The van der Waals surface area contributed by atoms with Gasteiger partial charge >= 0.3 is 6.03 Å². The van der Waals surface area contributed by atoms with Gasteiger partial charge in [-0.15, -0.1) is 0 Å². The fourth-order valence-electron chi connectivity index (χ4n) is 2.03. The van der Waals surface area contributed by atoms with E-state index in [-0.39, 0.29) is 12.6 Å². The van der Waals surface area contributed by atoms with Crippen LogP contribution in [0, 0.1) is 6.92 Å². The maximum Gasteiger partial charge on any atom is 0.319 e. The second kappa shape index (κ2) is 5.54. The molecule has 5 nitrogen and oxygen atoms in total. The van der Waals surface area contributed by atoms with Crippen molar-refractivity contribution in [3.8, 4) is 0 Å². The highest BCUT2D eigenvalue weighted by atomic mass is 16.3. The Morgan fingerprint density at radius 3 is 2.80 bits per heavy atom. The first-order valence-corrected chi connectivity index (χ1v) is 6.75. The third-order valence-electron chi connectivity index (χ3n) is 3.56. The summed E-state index contributed by atoms with van der Waals surface area (Å²) in [7, 11) is 0. The number of nitrogens with one attached hydrogen (secondary N) is 3. The van der Waals surface area contributed by atoms with Crippen LogP contribution in [0.1, 0.15) is 26.0 Å². The monoisotopic (exact) mass is 275 g/mol. The van der Waals surface area contributed by atoms with Crippen molar-refractivity contribution in [1.29, 1.82) is 0 Å². The summed E-state index contributed by atoms with van der Waals surface area (Å²) in [5.41, 5.74) is 2.26. The van der Waals surface area contributed by atoms with Gasteiger partial charge in [-0.1, -0.05) is 6.92 Å². The van der Waals surface area contributed by atoms with Crippen molar-refractivity contribution in [2.45, 2.75) is 32.7 Å². The van der Waals surface area contributed by atoms with E-state index >= 15 is 0 Å². The van der Waals surface area contributed by atoms with Gasteiger partial charge in [0.25, 0.3) is 0 Å². The number of aromatic amines is 1. The Morgan fingerprint density at radius 2 is 2.15 bits per heavy atom. The number of aromatic nitrogens is 1. The molecule has 0 radical (unpaired) electrons. The van der Waals surface area contributed by atoms with Crippen molar-refractivity contribution in [3.63, 3.8) is 0 Å². The van der Waals surface area contributed by atoms with Gasteiger partial charge in [0.2, 0.25) is 0 Å². The number of carbonyl (C=O) groups is 1. The van der Waals surface area contributed by atoms with Gasteiger partial charge in [0.15, 0.2) is 0 Å². The van der Waals surface area contributed by atoms with E-state index in [2.05, 4.69) is 15.6 Å². The average Bonchev–Trinajstić information content (AvgIpc) is 2.77. The Balaban J connectivity index is 2.09. The van der Waals surface area contributed by atoms with Gasteiger partial charge in [-0.3, -0.25) is 0 Å². The number of aryl methyl sites for hydroxylation is 1. The molecule has 1 unspecified atom stereocenters. The number of benzene rings is 1. The Kier molecular flexibility index (Phi) is 3.99. The molecule has 2 aromatic rings. The highest BCUT2D eigenvalue weighted by Crippen LogP contribution is 2.20. The Bertz CT molecular complexity index is 615. The van der Waals surface area contributed by atoms with E-state index in [1.165, 1.54) is 0 Å². The topological polar surface area (TPSA) is 77.2 Å². The van der Waals surface area contributed by atoms with Gasteiger partial charge in [-0.2, -0.15) is 0 Å². The third kappa shape index (κ3) is 3.11. The minimum Gasteiger partial charge on any atom is -0.394 e. The largest absolute Gasteiger partial charge is 0.394 e. The minimum absolute atomic E-state index is 0.0903. The maximum atomic E-state index is 11.9. The zero-order valence-electron chi connectivity index (χ0n) is 12.1. The van der Waals surface area contributed by atoms with Gasteiger partial charge in [0.1, 0.15) is 0 Å². The van der Waals surface area contributed by atoms with Crippen molar-refractivity contribution in [2.24, 2.45) is 0 Å². The number of rotatable bonds is 4. The van der Waals surface area contributed by atoms with Crippen molar-refractivity contribution in [1.82, 2.24) is 10.3 Å². The molecule has 2 amide bonds. The summed E-state index contributed by atoms with van der Waals surface area (Å²) in [6.45, 7) is 5.64. The molecule has 4 N–H and O–H groups in total. The molecule has 1 atom stereocenters. The molecule has 0 aliphatic heterocycles. The van der Waals surface area contributed by atoms with Gasteiger partial charge < -0.3 is 20.7 Å². The molecule has 0 spiro atoms. The predicted molar refractivity (Wildman–Crippen MR) is 81.0 cm³/mol. The molecule has 1 aromatic carbocycles. The maximum absolute atomic E-state index is 11.9. The number of aliphatic hydroxyl groups is 1. The summed E-state index contributed by atoms with van der Waals surface area (Å²) in [5, 5.41) is 15.9. The molecule has 1 aromatic heterocycles. The van der Waals surface area contributed by atoms with E-state index in [9.17, 15) is 9.90 Å². The number of anilines is 1. The lowest BCUT2D eigenvalue weighted by Gasteiger charge is -2.27. The zero-order chi connectivity index (χ0) is 14.8. The van der Waals surface area contributed by atoms with Crippen LogP contribution in [-0.4, -0.2) is 28.3 Å². The molecule has 1 heterocycles. The summed E-state index contributed by atoms with van der Waals surface area (Å²) < 4.78 is 0. The molecule has 0 saturated heterocycles. The predicted octanol–water partition coefficient (Wildman–Crippen LogP) is 2.76. The van der Waals surface area contributed by atoms with Gasteiger partial charge in [-0.25, -0.2) is 4.79 Å². The Hall–Kier alpha value is -2.01. The molecule has 108 valence electrons. The number of aliphatic hydroxyl groups excluding tert-OH is 1. The van der Waals surface area contributed by atoms with E-state index in [1.54, 1.807) is 0 Å². The van der Waals surface area contributed by atoms with Crippen molar-refractivity contribution in [3.05, 3.63) is 30.0 Å². The van der Waals surface area contributed by atoms with E-state index in [4.69, 9.17) is 0 Å². The van der Waals surface area contributed by atoms with Crippen LogP contribution in [0.3, 0.4) is 0 Å². The van der Waals surface area contributed by atoms with Crippen LogP contribution < -0.4 is 10.6 Å². The first-order chi connectivity index (χ1) is 9.45. The molecule has 0 saturated carbocycles. The first kappa shape index (κ1) is 14.4. The number of amides is 2. The highest BCUT2D eigenvalue weighted by Gasteiger charge is 2.23. The summed E-state index contributed by atoms with van der Waals surface area (Å²) in [5.74, 6) is 0. The second-order valence-electron chi connectivity index (χ2n) is 5.41. The van der Waals surface area contributed by atoms with Gasteiger partial charge in [0.05, 0.1) is 12.1 Å². The Labute approximate surface area is 118 Å². The van der Waals surface area contributed by atoms with Crippen molar-refractivity contribution >= 4 is 22.6 Å². The first-order valence-electron chi connectivity index (χ1n) is 6.75. The molecule has 20 heavy (non-hydrogen) atoms. The molecule has 0 aliphatic carbocycles. The number of hydrogen-bond donors (Lipinski definition) is 4. The highest BCUT2D eigenvalue weighted by molar-refractivity contribution is 5.93. The molecule has 0 bridgehead atoms. The number of urea groups is 1. The van der Waals surface area contributed by atoms with Gasteiger partial charge in [-0.05, 0) is 44.5 Å². The smallest absolute Gasteiger partial charge is 0.319 e. The SMILES string of the molecule is CCC(C)(CO)NC(=O)Nc1ccc2[nH]c(C)cc2c1. The van der Waals surface area contributed by atoms with Crippen LogP contribution in [0.25, 0.3) is 10.9 Å².